The maximum Gasteiger partial charge on any atom is 0.500 e. The second kappa shape index (κ2) is 3.10. The Bertz CT molecular complexity index is 276. The van der Waals surface area contributed by atoms with Crippen molar-refractivity contribution < 1.29 is 14.4 Å². The standard InChI is InChI=1S/C5H5BClFO2S/c1-2-4(8)3(7)5(11-2)6(9)10/h9-10H,1H3. The summed E-state index contributed by atoms with van der Waals surface area (Å²) in [6, 6.07) is 0. The van der Waals surface area contributed by atoms with Crippen LogP contribution in [0.15, 0.2) is 0 Å². The van der Waals surface area contributed by atoms with Gasteiger partial charge in [0, 0.05) is 4.88 Å². The highest BCUT2D eigenvalue weighted by molar-refractivity contribution is 7.23. The topological polar surface area (TPSA) is 40.5 Å². The summed E-state index contributed by atoms with van der Waals surface area (Å²) in [4.78, 5) is 0.359. The van der Waals surface area contributed by atoms with Crippen molar-refractivity contribution in [2.24, 2.45) is 0 Å². The zero-order valence-corrected chi connectivity index (χ0v) is 7.21. The van der Waals surface area contributed by atoms with Crippen LogP contribution in [0.2, 0.25) is 5.02 Å². The first-order valence-electron chi connectivity index (χ1n) is 2.84. The second-order valence-electron chi connectivity index (χ2n) is 2.02. The molecule has 0 amide bonds. The molecule has 0 aliphatic heterocycles. The molecule has 0 aliphatic rings. The van der Waals surface area contributed by atoms with Gasteiger partial charge in [0.2, 0.25) is 0 Å². The van der Waals surface area contributed by atoms with E-state index in [0.717, 1.165) is 11.3 Å². The van der Waals surface area contributed by atoms with Crippen molar-refractivity contribution in [1.82, 2.24) is 0 Å². The molecule has 0 aromatic carbocycles. The van der Waals surface area contributed by atoms with Crippen molar-refractivity contribution in [1.29, 1.82) is 0 Å². The minimum Gasteiger partial charge on any atom is -0.423 e. The smallest absolute Gasteiger partial charge is 0.423 e. The molecular formula is C5H5BClFO2S. The molecule has 0 radical (unpaired) electrons. The van der Waals surface area contributed by atoms with Crippen LogP contribution in [-0.2, 0) is 0 Å². The minimum absolute atomic E-state index is 0.0571. The molecule has 1 aromatic heterocycles. The Hall–Kier alpha value is -0.0951. The van der Waals surface area contributed by atoms with E-state index in [2.05, 4.69) is 0 Å². The van der Waals surface area contributed by atoms with E-state index in [1.54, 1.807) is 0 Å². The molecule has 0 bridgehead atoms. The van der Waals surface area contributed by atoms with E-state index in [1.165, 1.54) is 6.92 Å². The van der Waals surface area contributed by atoms with Gasteiger partial charge in [-0.2, -0.15) is 0 Å². The zero-order valence-electron chi connectivity index (χ0n) is 5.64. The number of hydrogen-bond donors (Lipinski definition) is 2. The Kier molecular flexibility index (Phi) is 2.54. The Morgan fingerprint density at radius 3 is 2.27 bits per heavy atom. The van der Waals surface area contributed by atoms with Crippen molar-refractivity contribution in [3.8, 4) is 0 Å². The quantitative estimate of drug-likeness (QED) is 0.640. The highest BCUT2D eigenvalue weighted by atomic mass is 35.5. The van der Waals surface area contributed by atoms with Crippen LogP contribution in [0, 0.1) is 12.7 Å². The number of aryl methyl sites for hydroxylation is 1. The summed E-state index contributed by atoms with van der Waals surface area (Å²) in [6.07, 6.45) is 0. The summed E-state index contributed by atoms with van der Waals surface area (Å²) in [6.45, 7) is 1.53. The van der Waals surface area contributed by atoms with Crippen LogP contribution in [0.25, 0.3) is 0 Å². The Morgan fingerprint density at radius 1 is 1.55 bits per heavy atom. The molecule has 1 heterocycles. The van der Waals surface area contributed by atoms with Crippen LogP contribution >= 0.6 is 22.9 Å². The molecule has 0 atom stereocenters. The molecule has 60 valence electrons. The van der Waals surface area contributed by atoms with Crippen LogP contribution in [-0.4, -0.2) is 17.2 Å². The average molecular weight is 194 g/mol. The lowest BCUT2D eigenvalue weighted by atomic mass is 9.89. The second-order valence-corrected chi connectivity index (χ2v) is 3.66. The lowest BCUT2D eigenvalue weighted by molar-refractivity contribution is 0.426. The highest BCUT2D eigenvalue weighted by Crippen LogP contribution is 2.21. The van der Waals surface area contributed by atoms with Crippen molar-refractivity contribution in [3.05, 3.63) is 15.7 Å². The van der Waals surface area contributed by atoms with E-state index >= 15 is 0 Å². The first-order valence-corrected chi connectivity index (χ1v) is 4.04. The van der Waals surface area contributed by atoms with Crippen LogP contribution in [0.3, 0.4) is 0 Å². The molecule has 0 spiro atoms. The lowest BCUT2D eigenvalue weighted by Crippen LogP contribution is -2.27. The first-order chi connectivity index (χ1) is 5.04. The monoisotopic (exact) mass is 194 g/mol. The predicted molar refractivity (Wildman–Crippen MR) is 43.8 cm³/mol. The highest BCUT2D eigenvalue weighted by Gasteiger charge is 2.22. The SMILES string of the molecule is Cc1sc(B(O)O)c(Cl)c1F. The van der Waals surface area contributed by atoms with Gasteiger partial charge in [-0.3, -0.25) is 0 Å². The van der Waals surface area contributed by atoms with E-state index in [0.29, 0.717) is 4.88 Å². The van der Waals surface area contributed by atoms with Crippen LogP contribution < -0.4 is 4.78 Å². The number of halogens is 2. The molecule has 1 aromatic rings. The summed E-state index contributed by atoms with van der Waals surface area (Å²) in [5.74, 6) is -0.570. The van der Waals surface area contributed by atoms with Gasteiger partial charge >= 0.3 is 7.12 Å². The van der Waals surface area contributed by atoms with Crippen LogP contribution in [0.5, 0.6) is 0 Å². The molecule has 0 fully saturated rings. The molecule has 2 N–H and O–H groups in total. The van der Waals surface area contributed by atoms with Gasteiger partial charge in [-0.15, -0.1) is 11.3 Å². The molecule has 1 rings (SSSR count). The summed E-state index contributed by atoms with van der Waals surface area (Å²) in [5.41, 5.74) is 0. The fraction of sp³-hybridized carbons (Fsp3) is 0.200. The molecule has 0 saturated carbocycles. The van der Waals surface area contributed by atoms with Crippen molar-refractivity contribution in [3.63, 3.8) is 0 Å². The van der Waals surface area contributed by atoms with E-state index < -0.39 is 12.9 Å². The Morgan fingerprint density at radius 2 is 2.09 bits per heavy atom. The predicted octanol–water partition coefficient (Wildman–Crippen LogP) is 0.529. The van der Waals surface area contributed by atoms with Crippen molar-refractivity contribution in [2.45, 2.75) is 6.92 Å². The van der Waals surface area contributed by atoms with Crippen molar-refractivity contribution >= 4 is 34.8 Å². The van der Waals surface area contributed by atoms with Gasteiger partial charge in [-0.05, 0) is 6.92 Å². The van der Waals surface area contributed by atoms with E-state index in [9.17, 15) is 4.39 Å². The van der Waals surface area contributed by atoms with Gasteiger partial charge in [0.05, 0.1) is 9.80 Å². The minimum atomic E-state index is -1.68. The van der Waals surface area contributed by atoms with E-state index in [-0.39, 0.29) is 9.80 Å². The molecule has 6 heteroatoms. The maximum absolute atomic E-state index is 12.8. The fourth-order valence-electron chi connectivity index (χ4n) is 0.683. The van der Waals surface area contributed by atoms with Gasteiger partial charge in [0.15, 0.2) is 5.82 Å². The first kappa shape index (κ1) is 9.00. The normalized spacial score (nSPS) is 10.3. The van der Waals surface area contributed by atoms with Gasteiger partial charge in [-0.1, -0.05) is 11.6 Å². The maximum atomic E-state index is 12.8. The number of hydrogen-bond acceptors (Lipinski definition) is 3. The third kappa shape index (κ3) is 1.56. The van der Waals surface area contributed by atoms with Crippen molar-refractivity contribution in [2.75, 3.05) is 0 Å². The third-order valence-corrected chi connectivity index (χ3v) is 2.82. The summed E-state index contributed by atoms with van der Waals surface area (Å²) < 4.78 is 12.8. The van der Waals surface area contributed by atoms with Gasteiger partial charge in [-0.25, -0.2) is 4.39 Å². The summed E-state index contributed by atoms with van der Waals surface area (Å²) >= 11 is 6.37. The molecule has 11 heavy (non-hydrogen) atoms. The van der Waals surface area contributed by atoms with Crippen LogP contribution in [0.1, 0.15) is 4.88 Å². The molecule has 0 saturated heterocycles. The van der Waals surface area contributed by atoms with E-state index in [4.69, 9.17) is 21.6 Å². The van der Waals surface area contributed by atoms with Crippen LogP contribution in [0.4, 0.5) is 4.39 Å². The Balaban J connectivity index is 3.19. The number of rotatable bonds is 1. The molecule has 0 aliphatic carbocycles. The number of thiophene rings is 1. The summed E-state index contributed by atoms with van der Waals surface area (Å²) in [5, 5.41) is 17.1. The zero-order chi connectivity index (χ0) is 8.59. The summed E-state index contributed by atoms with van der Waals surface area (Å²) in [7, 11) is -1.68. The van der Waals surface area contributed by atoms with Gasteiger partial charge in [0.1, 0.15) is 0 Å². The fourth-order valence-corrected chi connectivity index (χ4v) is 1.90. The lowest BCUT2D eigenvalue weighted by Gasteiger charge is -1.91. The largest absolute Gasteiger partial charge is 0.500 e. The van der Waals surface area contributed by atoms with Gasteiger partial charge in [0.25, 0.3) is 0 Å². The van der Waals surface area contributed by atoms with E-state index in [1.807, 2.05) is 0 Å². The average Bonchev–Trinajstić information content (AvgIpc) is 2.17. The Labute approximate surface area is 72.4 Å². The van der Waals surface area contributed by atoms with Gasteiger partial charge < -0.3 is 10.0 Å². The molecular weight excluding hydrogens is 189 g/mol. The third-order valence-electron chi connectivity index (χ3n) is 1.22. The molecule has 0 unspecified atom stereocenters. The molecule has 2 nitrogen and oxygen atoms in total.